The second-order valence-electron chi connectivity index (χ2n) is 8.95. The average molecular weight is 486 g/mol. The van der Waals surface area contributed by atoms with Gasteiger partial charge in [0.25, 0.3) is 0 Å². The molecule has 2 aliphatic heterocycles. The largest absolute Gasteiger partial charge is 0.486 e. The number of hydrogen-bond donors (Lipinski definition) is 3. The van der Waals surface area contributed by atoms with E-state index in [1.807, 2.05) is 49.4 Å². The van der Waals surface area contributed by atoms with Gasteiger partial charge in [-0.2, -0.15) is 0 Å². The first-order valence-electron chi connectivity index (χ1n) is 12.1. The Morgan fingerprint density at radius 2 is 1.94 bits per heavy atom. The van der Waals surface area contributed by atoms with Crippen LogP contribution in [0.4, 0.5) is 5.69 Å². The number of nitrogens with one attached hydrogen (secondary N) is 2. The first-order valence-corrected chi connectivity index (χ1v) is 13.1. The molecule has 2 aliphatic rings. The number of carbonyl (C=O) groups excluding carboxylic acids is 1. The summed E-state index contributed by atoms with van der Waals surface area (Å²) in [7, 11) is 0. The number of piperidine rings is 1. The second-order valence-corrected chi connectivity index (χ2v) is 10.3. The molecule has 2 atom stereocenters. The minimum Gasteiger partial charge on any atom is -0.486 e. The number of fused-ring (bicyclic) bond motifs is 1. The fourth-order valence-corrected chi connectivity index (χ4v) is 4.97. The van der Waals surface area contributed by atoms with Crippen LogP contribution in [0, 0.1) is 6.92 Å². The number of ether oxygens (including phenoxy) is 2. The van der Waals surface area contributed by atoms with Crippen molar-refractivity contribution < 1.29 is 19.4 Å². The Hall–Kier alpha value is -2.26. The van der Waals surface area contributed by atoms with Crippen LogP contribution in [-0.4, -0.2) is 72.7 Å². The van der Waals surface area contributed by atoms with E-state index in [1.165, 1.54) is 4.90 Å². The van der Waals surface area contributed by atoms with Gasteiger partial charge in [0.1, 0.15) is 12.7 Å². The highest BCUT2D eigenvalue weighted by molar-refractivity contribution is 7.99. The molecule has 0 spiro atoms. The summed E-state index contributed by atoms with van der Waals surface area (Å²) < 4.78 is 11.7. The Balaban J connectivity index is 1.15. The molecule has 34 heavy (non-hydrogen) atoms. The summed E-state index contributed by atoms with van der Waals surface area (Å²) in [4.78, 5) is 15.8. The van der Waals surface area contributed by atoms with Gasteiger partial charge in [-0.1, -0.05) is 13.0 Å². The van der Waals surface area contributed by atoms with E-state index in [0.29, 0.717) is 31.5 Å². The molecule has 184 valence electrons. The van der Waals surface area contributed by atoms with Crippen LogP contribution >= 0.6 is 11.8 Å². The number of aliphatic hydroxyl groups excluding tert-OH is 1. The number of amides is 1. The fraction of sp³-hybridized carbons (Fsp3) is 0.500. The Kier molecular flexibility index (Phi) is 8.72. The van der Waals surface area contributed by atoms with Crippen LogP contribution in [-0.2, 0) is 4.79 Å². The highest BCUT2D eigenvalue weighted by Crippen LogP contribution is 2.33. The third-order valence-corrected chi connectivity index (χ3v) is 7.12. The number of anilines is 1. The van der Waals surface area contributed by atoms with Gasteiger partial charge >= 0.3 is 0 Å². The SMILES string of the molecule is CCSc1ccc(NC(=O)CN2CCC(NCC(O)C3COc4ccc(C)cc4O3)CC2)cc1. The quantitative estimate of drug-likeness (QED) is 0.470. The number of hydrogen-bond acceptors (Lipinski definition) is 7. The summed E-state index contributed by atoms with van der Waals surface area (Å²) in [5.41, 5.74) is 1.93. The second kappa shape index (κ2) is 11.9. The van der Waals surface area contributed by atoms with Gasteiger partial charge in [-0.15, -0.1) is 11.8 Å². The third kappa shape index (κ3) is 6.88. The predicted octanol–water partition coefficient (Wildman–Crippen LogP) is 3.30. The van der Waals surface area contributed by atoms with Crippen molar-refractivity contribution in [3.63, 3.8) is 0 Å². The minimum absolute atomic E-state index is 0.0164. The Morgan fingerprint density at radius 1 is 1.18 bits per heavy atom. The molecule has 3 N–H and O–H groups in total. The summed E-state index contributed by atoms with van der Waals surface area (Å²) in [6.45, 7) is 7.02. The van der Waals surface area contributed by atoms with Gasteiger partial charge in [0.2, 0.25) is 5.91 Å². The molecule has 4 rings (SSSR count). The number of aryl methyl sites for hydroxylation is 1. The summed E-state index contributed by atoms with van der Waals surface area (Å²) >= 11 is 1.79. The van der Waals surface area contributed by atoms with Crippen LogP contribution in [0.25, 0.3) is 0 Å². The number of likely N-dealkylation sites (tertiary alicyclic amines) is 1. The molecule has 0 radical (unpaired) electrons. The van der Waals surface area contributed by atoms with Crippen molar-refractivity contribution in [1.82, 2.24) is 10.2 Å². The average Bonchev–Trinajstić information content (AvgIpc) is 2.84. The van der Waals surface area contributed by atoms with E-state index in [1.54, 1.807) is 11.8 Å². The van der Waals surface area contributed by atoms with Crippen molar-refractivity contribution >= 4 is 23.4 Å². The van der Waals surface area contributed by atoms with Crippen molar-refractivity contribution in [2.24, 2.45) is 0 Å². The van der Waals surface area contributed by atoms with E-state index in [-0.39, 0.29) is 12.0 Å². The maximum absolute atomic E-state index is 12.4. The topological polar surface area (TPSA) is 83.1 Å². The van der Waals surface area contributed by atoms with Gasteiger partial charge in [-0.05, 0) is 67.5 Å². The van der Waals surface area contributed by atoms with Gasteiger partial charge in [0.15, 0.2) is 17.6 Å². The molecule has 0 aromatic heterocycles. The summed E-state index contributed by atoms with van der Waals surface area (Å²) in [6, 6.07) is 14.1. The minimum atomic E-state index is -0.653. The van der Waals surface area contributed by atoms with Crippen LogP contribution in [0.2, 0.25) is 0 Å². The molecule has 2 aromatic carbocycles. The number of nitrogens with zero attached hydrogens (tertiary/aromatic N) is 1. The highest BCUT2D eigenvalue weighted by Gasteiger charge is 2.29. The van der Waals surface area contributed by atoms with Crippen LogP contribution in [0.3, 0.4) is 0 Å². The van der Waals surface area contributed by atoms with Gasteiger partial charge in [0, 0.05) is 36.3 Å². The van der Waals surface area contributed by atoms with E-state index in [9.17, 15) is 9.90 Å². The molecule has 7 nitrogen and oxygen atoms in total. The summed E-state index contributed by atoms with van der Waals surface area (Å²) in [5, 5.41) is 17.1. The normalized spacial score (nSPS) is 19.6. The Labute approximate surface area is 206 Å². The molecule has 1 amide bonds. The van der Waals surface area contributed by atoms with Gasteiger partial charge < -0.3 is 25.2 Å². The van der Waals surface area contributed by atoms with E-state index >= 15 is 0 Å². The maximum Gasteiger partial charge on any atom is 0.238 e. The molecule has 2 unspecified atom stereocenters. The lowest BCUT2D eigenvalue weighted by Crippen LogP contribution is -2.50. The third-order valence-electron chi connectivity index (χ3n) is 6.23. The van der Waals surface area contributed by atoms with Gasteiger partial charge in [0.05, 0.1) is 6.54 Å². The van der Waals surface area contributed by atoms with Crippen molar-refractivity contribution in [2.45, 2.75) is 49.8 Å². The lowest BCUT2D eigenvalue weighted by Gasteiger charge is -2.34. The van der Waals surface area contributed by atoms with E-state index in [4.69, 9.17) is 9.47 Å². The lowest BCUT2D eigenvalue weighted by atomic mass is 10.0. The number of rotatable bonds is 9. The molecule has 2 aromatic rings. The first kappa shape index (κ1) is 24.9. The monoisotopic (exact) mass is 485 g/mol. The van der Waals surface area contributed by atoms with Gasteiger partial charge in [-0.3, -0.25) is 9.69 Å². The molecule has 2 heterocycles. The number of benzene rings is 2. The van der Waals surface area contributed by atoms with Crippen molar-refractivity contribution in [1.29, 1.82) is 0 Å². The molecule has 1 saturated heterocycles. The Morgan fingerprint density at radius 3 is 2.68 bits per heavy atom. The molecule has 0 saturated carbocycles. The summed E-state index contributed by atoms with van der Waals surface area (Å²) in [5.74, 6) is 2.47. The van der Waals surface area contributed by atoms with Crippen LogP contribution in [0.5, 0.6) is 11.5 Å². The van der Waals surface area contributed by atoms with Crippen molar-refractivity contribution in [3.8, 4) is 11.5 Å². The lowest BCUT2D eigenvalue weighted by molar-refractivity contribution is -0.117. The molecule has 0 aliphatic carbocycles. The summed E-state index contributed by atoms with van der Waals surface area (Å²) in [6.07, 6.45) is 0.833. The van der Waals surface area contributed by atoms with Crippen molar-refractivity contribution in [2.75, 3.05) is 43.9 Å². The predicted molar refractivity (Wildman–Crippen MR) is 136 cm³/mol. The fourth-order valence-electron chi connectivity index (χ4n) is 4.30. The maximum atomic E-state index is 12.4. The van der Waals surface area contributed by atoms with E-state index < -0.39 is 6.10 Å². The molecular weight excluding hydrogens is 450 g/mol. The Bertz CT molecular complexity index is 948. The number of carbonyl (C=O) groups is 1. The van der Waals surface area contributed by atoms with Crippen LogP contribution in [0.1, 0.15) is 25.3 Å². The molecular formula is C26H35N3O4S. The smallest absolute Gasteiger partial charge is 0.238 e. The first-order chi connectivity index (χ1) is 16.5. The molecule has 8 heteroatoms. The molecule has 1 fully saturated rings. The van der Waals surface area contributed by atoms with Crippen LogP contribution in [0.15, 0.2) is 47.4 Å². The zero-order valence-corrected chi connectivity index (χ0v) is 20.8. The van der Waals surface area contributed by atoms with E-state index in [2.05, 4.69) is 22.5 Å². The molecule has 0 bridgehead atoms. The van der Waals surface area contributed by atoms with E-state index in [0.717, 1.165) is 48.7 Å². The van der Waals surface area contributed by atoms with Gasteiger partial charge in [-0.25, -0.2) is 0 Å². The zero-order valence-electron chi connectivity index (χ0n) is 20.0. The highest BCUT2D eigenvalue weighted by atomic mass is 32.2. The number of thioether (sulfide) groups is 1. The zero-order chi connectivity index (χ0) is 23.9. The van der Waals surface area contributed by atoms with Crippen molar-refractivity contribution in [3.05, 3.63) is 48.0 Å². The number of aliphatic hydroxyl groups is 1. The van der Waals surface area contributed by atoms with Crippen LogP contribution < -0.4 is 20.1 Å². The standard InChI is InChI=1S/C26H35N3O4S/c1-3-34-21-7-5-20(6-8-21)28-26(31)16-29-12-10-19(11-13-29)27-15-22(30)25-17-32-23-9-4-18(2)14-24(23)33-25/h4-9,14,19,22,25,27,30H,3,10-13,15-17H2,1-2H3,(H,28,31).